The zero-order chi connectivity index (χ0) is 15.2. The van der Waals surface area contributed by atoms with Gasteiger partial charge in [0.15, 0.2) is 0 Å². The molecular weight excluding hydrogens is 282 g/mol. The molecule has 0 aliphatic heterocycles. The Balaban J connectivity index is 1.81. The van der Waals surface area contributed by atoms with Crippen LogP contribution in [-0.4, -0.2) is 22.8 Å². The Morgan fingerprint density at radius 2 is 2.10 bits per heavy atom. The van der Waals surface area contributed by atoms with E-state index in [0.717, 1.165) is 15.4 Å². The van der Waals surface area contributed by atoms with Gasteiger partial charge in [-0.1, -0.05) is 30.3 Å². The topological polar surface area (TPSA) is 59.2 Å². The number of carbonyl (C=O) groups excluding carboxylic acids is 1. The molecule has 1 unspecified atom stereocenters. The fourth-order valence-corrected chi connectivity index (χ4v) is 2.99. The lowest BCUT2D eigenvalue weighted by atomic mass is 10.0. The average molecular weight is 303 g/mol. The number of nitrogens with zero attached hydrogens (tertiary/aromatic N) is 2. The first-order valence-electron chi connectivity index (χ1n) is 7.02. The number of hydrogen-bond donors (Lipinski definition) is 1. The summed E-state index contributed by atoms with van der Waals surface area (Å²) in [6.07, 6.45) is 2.96. The standard InChI is InChI=1S/C16H21N3OS/c1-12-18-10-14(21-12)11-19(2)16(20)9-8-15(17)13-6-4-3-5-7-13/h3-7,10,15H,8-9,11,17H2,1-2H3. The monoisotopic (exact) mass is 303 g/mol. The minimum absolute atomic E-state index is 0.0887. The SMILES string of the molecule is Cc1ncc(CN(C)C(=O)CCC(N)c2ccccc2)s1. The van der Waals surface area contributed by atoms with E-state index in [1.807, 2.05) is 50.5 Å². The highest BCUT2D eigenvalue weighted by Crippen LogP contribution is 2.17. The van der Waals surface area contributed by atoms with Gasteiger partial charge in [0.25, 0.3) is 0 Å². The van der Waals surface area contributed by atoms with E-state index in [1.165, 1.54) is 0 Å². The van der Waals surface area contributed by atoms with Crippen molar-refractivity contribution in [3.63, 3.8) is 0 Å². The minimum Gasteiger partial charge on any atom is -0.341 e. The second-order valence-corrected chi connectivity index (χ2v) is 6.47. The second-order valence-electron chi connectivity index (χ2n) is 5.15. The maximum Gasteiger partial charge on any atom is 0.222 e. The van der Waals surface area contributed by atoms with Crippen molar-refractivity contribution in [3.05, 3.63) is 52.0 Å². The van der Waals surface area contributed by atoms with Crippen molar-refractivity contribution in [1.29, 1.82) is 0 Å². The summed E-state index contributed by atoms with van der Waals surface area (Å²) in [5.74, 6) is 0.118. The molecule has 1 atom stereocenters. The van der Waals surface area contributed by atoms with Crippen LogP contribution in [-0.2, 0) is 11.3 Å². The number of aryl methyl sites for hydroxylation is 1. The van der Waals surface area contributed by atoms with E-state index in [2.05, 4.69) is 4.98 Å². The largest absolute Gasteiger partial charge is 0.341 e. The molecular formula is C16H21N3OS. The summed E-state index contributed by atoms with van der Waals surface area (Å²) in [4.78, 5) is 19.2. The van der Waals surface area contributed by atoms with Crippen LogP contribution in [0.5, 0.6) is 0 Å². The maximum atomic E-state index is 12.1. The molecule has 112 valence electrons. The van der Waals surface area contributed by atoms with E-state index in [0.29, 0.717) is 19.4 Å². The van der Waals surface area contributed by atoms with E-state index in [9.17, 15) is 4.79 Å². The molecule has 2 N–H and O–H groups in total. The van der Waals surface area contributed by atoms with Gasteiger partial charge in [0.2, 0.25) is 5.91 Å². The first-order chi connectivity index (χ1) is 10.1. The van der Waals surface area contributed by atoms with Crippen LogP contribution in [0.4, 0.5) is 0 Å². The number of aromatic nitrogens is 1. The molecule has 0 saturated carbocycles. The van der Waals surface area contributed by atoms with Crippen molar-refractivity contribution < 1.29 is 4.79 Å². The predicted octanol–water partition coefficient (Wildman–Crippen LogP) is 2.89. The van der Waals surface area contributed by atoms with Crippen LogP contribution in [0.1, 0.15) is 34.3 Å². The van der Waals surface area contributed by atoms with E-state index >= 15 is 0 Å². The minimum atomic E-state index is -0.0887. The summed E-state index contributed by atoms with van der Waals surface area (Å²) in [5, 5.41) is 1.02. The number of amides is 1. The predicted molar refractivity (Wildman–Crippen MR) is 85.9 cm³/mol. The number of thiazole rings is 1. The normalized spacial score (nSPS) is 12.1. The third-order valence-electron chi connectivity index (χ3n) is 3.38. The van der Waals surface area contributed by atoms with Gasteiger partial charge in [0.05, 0.1) is 11.6 Å². The summed E-state index contributed by atoms with van der Waals surface area (Å²) in [6.45, 7) is 2.58. The van der Waals surface area contributed by atoms with Crippen LogP contribution >= 0.6 is 11.3 Å². The zero-order valence-corrected chi connectivity index (χ0v) is 13.3. The average Bonchev–Trinajstić information content (AvgIpc) is 2.90. The number of carbonyl (C=O) groups is 1. The van der Waals surface area contributed by atoms with Crippen molar-refractivity contribution in [2.45, 2.75) is 32.4 Å². The molecule has 2 aromatic rings. The highest BCUT2D eigenvalue weighted by molar-refractivity contribution is 7.11. The highest BCUT2D eigenvalue weighted by Gasteiger charge is 2.13. The van der Waals surface area contributed by atoms with Gasteiger partial charge in [-0.2, -0.15) is 0 Å². The number of nitrogens with two attached hydrogens (primary N) is 1. The van der Waals surface area contributed by atoms with Gasteiger partial charge in [-0.3, -0.25) is 4.79 Å². The summed E-state index contributed by atoms with van der Waals surface area (Å²) in [7, 11) is 1.82. The molecule has 0 aliphatic rings. The van der Waals surface area contributed by atoms with Crippen molar-refractivity contribution in [2.75, 3.05) is 7.05 Å². The molecule has 2 rings (SSSR count). The number of rotatable bonds is 6. The Morgan fingerprint density at radius 1 is 1.38 bits per heavy atom. The molecule has 21 heavy (non-hydrogen) atoms. The summed E-state index contributed by atoms with van der Waals surface area (Å²) in [6, 6.07) is 9.81. The molecule has 4 nitrogen and oxygen atoms in total. The van der Waals surface area contributed by atoms with Crippen LogP contribution < -0.4 is 5.73 Å². The lowest BCUT2D eigenvalue weighted by Crippen LogP contribution is -2.26. The molecule has 0 bridgehead atoms. The third-order valence-corrected chi connectivity index (χ3v) is 4.28. The summed E-state index contributed by atoms with van der Waals surface area (Å²) < 4.78 is 0. The van der Waals surface area contributed by atoms with Gasteiger partial charge in [-0.15, -0.1) is 11.3 Å². The van der Waals surface area contributed by atoms with Gasteiger partial charge in [-0.05, 0) is 18.9 Å². The Hall–Kier alpha value is -1.72. The Morgan fingerprint density at radius 3 is 2.71 bits per heavy atom. The fourth-order valence-electron chi connectivity index (χ4n) is 2.14. The molecule has 0 saturated heterocycles. The van der Waals surface area contributed by atoms with Gasteiger partial charge >= 0.3 is 0 Å². The highest BCUT2D eigenvalue weighted by atomic mass is 32.1. The van der Waals surface area contributed by atoms with Crippen LogP contribution in [0.25, 0.3) is 0 Å². The molecule has 0 spiro atoms. The van der Waals surface area contributed by atoms with Gasteiger partial charge in [0.1, 0.15) is 0 Å². The number of benzene rings is 1. The van der Waals surface area contributed by atoms with E-state index in [-0.39, 0.29) is 11.9 Å². The Bertz CT molecular complexity index is 582. The molecule has 1 aromatic heterocycles. The summed E-state index contributed by atoms with van der Waals surface area (Å²) in [5.41, 5.74) is 7.20. The van der Waals surface area contributed by atoms with Gasteiger partial charge in [-0.25, -0.2) is 4.98 Å². The Labute approximate surface area is 129 Å². The lowest BCUT2D eigenvalue weighted by Gasteiger charge is -2.18. The fraction of sp³-hybridized carbons (Fsp3) is 0.375. The summed E-state index contributed by atoms with van der Waals surface area (Å²) >= 11 is 1.63. The van der Waals surface area contributed by atoms with E-state index in [1.54, 1.807) is 16.2 Å². The van der Waals surface area contributed by atoms with Crippen molar-refractivity contribution in [1.82, 2.24) is 9.88 Å². The number of hydrogen-bond acceptors (Lipinski definition) is 4. The molecule has 5 heteroatoms. The molecule has 1 amide bonds. The third kappa shape index (κ3) is 4.65. The van der Waals surface area contributed by atoms with Crippen LogP contribution in [0, 0.1) is 6.92 Å². The lowest BCUT2D eigenvalue weighted by molar-refractivity contribution is -0.130. The first-order valence-corrected chi connectivity index (χ1v) is 7.83. The van der Waals surface area contributed by atoms with Gasteiger partial charge < -0.3 is 10.6 Å². The molecule has 0 radical (unpaired) electrons. The smallest absolute Gasteiger partial charge is 0.222 e. The van der Waals surface area contributed by atoms with Crippen molar-refractivity contribution in [3.8, 4) is 0 Å². The van der Waals surface area contributed by atoms with Crippen LogP contribution in [0.3, 0.4) is 0 Å². The van der Waals surface area contributed by atoms with E-state index in [4.69, 9.17) is 5.73 Å². The molecule has 0 fully saturated rings. The van der Waals surface area contributed by atoms with Crippen molar-refractivity contribution in [2.24, 2.45) is 5.73 Å². The maximum absolute atomic E-state index is 12.1. The van der Waals surface area contributed by atoms with Crippen LogP contribution in [0.2, 0.25) is 0 Å². The quantitative estimate of drug-likeness (QED) is 0.892. The van der Waals surface area contributed by atoms with E-state index < -0.39 is 0 Å². The molecule has 1 heterocycles. The van der Waals surface area contributed by atoms with Crippen molar-refractivity contribution >= 4 is 17.2 Å². The zero-order valence-electron chi connectivity index (χ0n) is 12.5. The first kappa shape index (κ1) is 15.7. The molecule has 1 aromatic carbocycles. The van der Waals surface area contributed by atoms with Gasteiger partial charge in [0, 0.05) is 30.6 Å². The second kappa shape index (κ2) is 7.33. The van der Waals surface area contributed by atoms with Crippen LogP contribution in [0.15, 0.2) is 36.5 Å². The Kier molecular flexibility index (Phi) is 5.47. The molecule has 0 aliphatic carbocycles.